The number of halogens is 1. The van der Waals surface area contributed by atoms with Crippen molar-refractivity contribution >= 4 is 33.4 Å². The number of rotatable bonds is 2. The minimum atomic E-state index is -0.258. The minimum Gasteiger partial charge on any atom is -0.360 e. The molecule has 2 aromatic heterocycles. The lowest BCUT2D eigenvalue weighted by Gasteiger charge is -2.26. The second-order valence-electron chi connectivity index (χ2n) is 6.87. The predicted octanol–water partition coefficient (Wildman–Crippen LogP) is 4.18. The summed E-state index contributed by atoms with van der Waals surface area (Å²) in [5.74, 6) is -0.374. The summed E-state index contributed by atoms with van der Waals surface area (Å²) in [5.41, 5.74) is 4.85. The first kappa shape index (κ1) is 16.6. The van der Waals surface area contributed by atoms with E-state index in [1.165, 1.54) is 18.3 Å². The number of aromatic amines is 1. The van der Waals surface area contributed by atoms with E-state index in [0.717, 1.165) is 34.0 Å². The molecule has 28 heavy (non-hydrogen) atoms. The van der Waals surface area contributed by atoms with Crippen molar-refractivity contribution in [1.82, 2.24) is 19.9 Å². The summed E-state index contributed by atoms with van der Waals surface area (Å²) in [6, 6.07) is 12.3. The van der Waals surface area contributed by atoms with Gasteiger partial charge in [-0.3, -0.25) is 9.78 Å². The Balaban J connectivity index is 1.39. The number of hydrogen-bond donors (Lipinski definition) is 1. The molecule has 0 saturated carbocycles. The Morgan fingerprint density at radius 2 is 2.00 bits per heavy atom. The van der Waals surface area contributed by atoms with Gasteiger partial charge in [0.15, 0.2) is 0 Å². The molecular formula is C22H17FN4O. The Morgan fingerprint density at radius 1 is 1.14 bits per heavy atom. The molecule has 0 unspecified atom stereocenters. The quantitative estimate of drug-likeness (QED) is 0.574. The number of carbonyl (C=O) groups is 1. The molecule has 2 aromatic carbocycles. The first-order valence-corrected chi connectivity index (χ1v) is 9.16. The smallest absolute Gasteiger partial charge is 0.274 e. The fourth-order valence-electron chi connectivity index (χ4n) is 3.68. The van der Waals surface area contributed by atoms with Crippen molar-refractivity contribution in [3.8, 4) is 0 Å². The summed E-state index contributed by atoms with van der Waals surface area (Å²) >= 11 is 0. The number of carbonyl (C=O) groups excluding carboxylic acids is 1. The molecule has 138 valence electrons. The second-order valence-corrected chi connectivity index (χ2v) is 6.87. The zero-order valence-corrected chi connectivity index (χ0v) is 15.0. The lowest BCUT2D eigenvalue weighted by molar-refractivity contribution is 0.0767. The van der Waals surface area contributed by atoms with E-state index in [4.69, 9.17) is 0 Å². The first-order valence-electron chi connectivity index (χ1n) is 9.16. The van der Waals surface area contributed by atoms with Gasteiger partial charge in [-0.1, -0.05) is 18.2 Å². The average Bonchev–Trinajstić information content (AvgIpc) is 3.16. The largest absolute Gasteiger partial charge is 0.360 e. The van der Waals surface area contributed by atoms with Gasteiger partial charge in [-0.2, -0.15) is 0 Å². The summed E-state index contributed by atoms with van der Waals surface area (Å²) in [7, 11) is 0. The molecule has 4 aromatic rings. The van der Waals surface area contributed by atoms with E-state index in [0.29, 0.717) is 24.3 Å². The normalized spacial score (nSPS) is 14.5. The maximum atomic E-state index is 13.4. The minimum absolute atomic E-state index is 0.116. The third kappa shape index (κ3) is 2.83. The molecule has 6 heteroatoms. The van der Waals surface area contributed by atoms with E-state index in [-0.39, 0.29) is 11.7 Å². The van der Waals surface area contributed by atoms with Crippen molar-refractivity contribution in [3.05, 3.63) is 78.0 Å². The van der Waals surface area contributed by atoms with E-state index < -0.39 is 0 Å². The van der Waals surface area contributed by atoms with Crippen molar-refractivity contribution in [3.63, 3.8) is 0 Å². The van der Waals surface area contributed by atoms with Crippen LogP contribution in [0.25, 0.3) is 27.5 Å². The van der Waals surface area contributed by atoms with Crippen LogP contribution in [0.3, 0.4) is 0 Å². The molecule has 5 nitrogen and oxygen atoms in total. The molecular weight excluding hydrogens is 355 g/mol. The van der Waals surface area contributed by atoms with E-state index in [1.54, 1.807) is 11.0 Å². The molecule has 3 heterocycles. The van der Waals surface area contributed by atoms with E-state index in [9.17, 15) is 9.18 Å². The van der Waals surface area contributed by atoms with Gasteiger partial charge >= 0.3 is 0 Å². The Labute approximate surface area is 160 Å². The predicted molar refractivity (Wildman–Crippen MR) is 106 cm³/mol. The molecule has 0 bridgehead atoms. The van der Waals surface area contributed by atoms with Gasteiger partial charge < -0.3 is 9.88 Å². The summed E-state index contributed by atoms with van der Waals surface area (Å²) < 4.78 is 13.4. The van der Waals surface area contributed by atoms with Gasteiger partial charge in [-0.25, -0.2) is 9.37 Å². The van der Waals surface area contributed by atoms with Crippen LogP contribution in [-0.2, 0) is 0 Å². The van der Waals surface area contributed by atoms with Crippen LogP contribution in [-0.4, -0.2) is 38.8 Å². The monoisotopic (exact) mass is 372 g/mol. The molecule has 0 aliphatic carbocycles. The number of fused-ring (bicyclic) bond motifs is 2. The van der Waals surface area contributed by atoms with E-state index >= 15 is 0 Å². The van der Waals surface area contributed by atoms with Crippen LogP contribution in [0.15, 0.2) is 60.9 Å². The number of aromatic nitrogens is 3. The number of hydrogen-bond acceptors (Lipinski definition) is 3. The number of H-pyrrole nitrogens is 1. The summed E-state index contributed by atoms with van der Waals surface area (Å²) in [6.07, 6.45) is 6.24. The maximum absolute atomic E-state index is 13.4. The van der Waals surface area contributed by atoms with Gasteiger partial charge in [0.2, 0.25) is 0 Å². The number of nitrogens with one attached hydrogen (secondary N) is 1. The molecule has 0 spiro atoms. The highest BCUT2D eigenvalue weighted by atomic mass is 19.1. The second kappa shape index (κ2) is 6.56. The van der Waals surface area contributed by atoms with Gasteiger partial charge in [0.25, 0.3) is 5.91 Å². The van der Waals surface area contributed by atoms with Gasteiger partial charge in [-0.05, 0) is 42.3 Å². The number of para-hydroxylation sites is 2. The fraction of sp³-hybridized carbons (Fsp3) is 0.136. The van der Waals surface area contributed by atoms with Gasteiger partial charge in [-0.15, -0.1) is 0 Å². The van der Waals surface area contributed by atoms with E-state index in [2.05, 4.69) is 21.0 Å². The van der Waals surface area contributed by atoms with Gasteiger partial charge in [0.05, 0.1) is 17.2 Å². The van der Waals surface area contributed by atoms with Crippen LogP contribution in [0, 0.1) is 5.82 Å². The zero-order valence-electron chi connectivity index (χ0n) is 15.0. The molecule has 0 radical (unpaired) electrons. The van der Waals surface area contributed by atoms with Crippen LogP contribution in [0.1, 0.15) is 22.5 Å². The summed E-state index contributed by atoms with van der Waals surface area (Å²) in [4.78, 5) is 26.5. The van der Waals surface area contributed by atoms with Crippen LogP contribution < -0.4 is 0 Å². The maximum Gasteiger partial charge on any atom is 0.274 e. The summed E-state index contributed by atoms with van der Waals surface area (Å²) in [6.45, 7) is 1.11. The molecule has 0 saturated heterocycles. The molecule has 5 rings (SSSR count). The molecule has 1 N–H and O–H groups in total. The highest BCUT2D eigenvalue weighted by molar-refractivity contribution is 5.96. The SMILES string of the molecule is O=C(c1cnc2ccccc2n1)N1CC=C(c2c[nH]c3cc(F)ccc23)CC1. The van der Waals surface area contributed by atoms with Crippen molar-refractivity contribution in [1.29, 1.82) is 0 Å². The van der Waals surface area contributed by atoms with Crippen LogP contribution in [0.5, 0.6) is 0 Å². The average molecular weight is 372 g/mol. The fourth-order valence-corrected chi connectivity index (χ4v) is 3.68. The summed E-state index contributed by atoms with van der Waals surface area (Å²) in [5, 5.41) is 0.993. The molecule has 1 aliphatic heterocycles. The number of benzene rings is 2. The third-order valence-corrected chi connectivity index (χ3v) is 5.15. The Bertz CT molecular complexity index is 1240. The topological polar surface area (TPSA) is 61.9 Å². The van der Waals surface area contributed by atoms with Crippen molar-refractivity contribution in [2.75, 3.05) is 13.1 Å². The molecule has 1 aliphatic rings. The van der Waals surface area contributed by atoms with Crippen LogP contribution in [0.4, 0.5) is 4.39 Å². The molecule has 0 fully saturated rings. The highest BCUT2D eigenvalue weighted by Gasteiger charge is 2.22. The molecule has 1 amide bonds. The van der Waals surface area contributed by atoms with E-state index in [1.807, 2.05) is 30.5 Å². The standard InChI is InChI=1S/C22H17FN4O/c23-15-5-6-16-17(12-24-20(16)11-15)14-7-9-27(10-8-14)22(28)21-13-25-18-3-1-2-4-19(18)26-21/h1-7,11-13,24H,8-10H2. The third-order valence-electron chi connectivity index (χ3n) is 5.15. The number of amides is 1. The Morgan fingerprint density at radius 3 is 2.82 bits per heavy atom. The number of nitrogens with zero attached hydrogens (tertiary/aromatic N) is 3. The van der Waals surface area contributed by atoms with Crippen LogP contribution in [0.2, 0.25) is 0 Å². The molecule has 0 atom stereocenters. The highest BCUT2D eigenvalue weighted by Crippen LogP contribution is 2.30. The van der Waals surface area contributed by atoms with Gasteiger partial charge in [0.1, 0.15) is 11.5 Å². The zero-order chi connectivity index (χ0) is 19.1. The Kier molecular flexibility index (Phi) is 3.90. The van der Waals surface area contributed by atoms with Gasteiger partial charge in [0, 0.05) is 35.8 Å². The van der Waals surface area contributed by atoms with Crippen molar-refractivity contribution in [2.45, 2.75) is 6.42 Å². The van der Waals surface area contributed by atoms with Crippen molar-refractivity contribution in [2.24, 2.45) is 0 Å². The lowest BCUT2D eigenvalue weighted by atomic mass is 9.99. The Hall–Kier alpha value is -3.54. The lowest BCUT2D eigenvalue weighted by Crippen LogP contribution is -2.35. The first-order chi connectivity index (χ1) is 13.7. The van der Waals surface area contributed by atoms with Crippen LogP contribution >= 0.6 is 0 Å². The van der Waals surface area contributed by atoms with Crippen molar-refractivity contribution < 1.29 is 9.18 Å².